The number of fused-ring (bicyclic) bond motifs is 1. The Hall–Kier alpha value is -3.27. The topological polar surface area (TPSA) is 63.9 Å². The monoisotopic (exact) mass is 593 g/mol. The maximum absolute atomic E-state index is 13.8. The molecule has 0 bridgehead atoms. The second-order valence-corrected chi connectivity index (χ2v) is 11.4. The first-order valence-corrected chi connectivity index (χ1v) is 14.2. The molecule has 0 saturated carbocycles. The molecule has 188 valence electrons. The molecule has 5 rings (SSSR count). The maximum Gasteiger partial charge on any atom is 0.338 e. The molecule has 9 heteroatoms. The van der Waals surface area contributed by atoms with Crippen LogP contribution in [0.25, 0.3) is 11.8 Å². The van der Waals surface area contributed by atoms with Crippen LogP contribution < -0.4 is 19.8 Å². The number of thiophene rings is 1. The van der Waals surface area contributed by atoms with Crippen molar-refractivity contribution in [2.45, 2.75) is 13.0 Å². The SMILES string of the molecule is CCOC(=O)C1=C(c2ccccc2)N=c2sc(=Cc3ccc(N(C)C)c(Br)c3)c(=O)n2C1c1cccs1. The van der Waals surface area contributed by atoms with Crippen LogP contribution in [0.5, 0.6) is 0 Å². The van der Waals surface area contributed by atoms with E-state index in [-0.39, 0.29) is 12.2 Å². The van der Waals surface area contributed by atoms with E-state index in [4.69, 9.17) is 9.73 Å². The molecule has 0 radical (unpaired) electrons. The van der Waals surface area contributed by atoms with E-state index in [9.17, 15) is 9.59 Å². The normalized spacial score (nSPS) is 15.4. The average molecular weight is 595 g/mol. The van der Waals surface area contributed by atoms with Crippen LogP contribution in [0.1, 0.15) is 29.0 Å². The number of ether oxygens (including phenoxy) is 1. The Morgan fingerprint density at radius 3 is 2.59 bits per heavy atom. The summed E-state index contributed by atoms with van der Waals surface area (Å²) in [7, 11) is 3.96. The highest BCUT2D eigenvalue weighted by Gasteiger charge is 2.35. The predicted molar refractivity (Wildman–Crippen MR) is 154 cm³/mol. The number of carbonyl (C=O) groups excluding carboxylic acids is 1. The van der Waals surface area contributed by atoms with E-state index >= 15 is 0 Å². The fourth-order valence-corrected chi connectivity index (χ4v) is 6.86. The fourth-order valence-electron chi connectivity index (χ4n) is 4.28. The molecule has 1 atom stereocenters. The molecule has 6 nitrogen and oxygen atoms in total. The summed E-state index contributed by atoms with van der Waals surface area (Å²) >= 11 is 6.45. The number of anilines is 1. The summed E-state index contributed by atoms with van der Waals surface area (Å²) in [5.41, 5.74) is 3.44. The number of hydrogen-bond donors (Lipinski definition) is 0. The number of halogens is 1. The molecule has 0 aliphatic carbocycles. The lowest BCUT2D eigenvalue weighted by Gasteiger charge is -2.24. The summed E-state index contributed by atoms with van der Waals surface area (Å²) in [6.45, 7) is 2.00. The third-order valence-corrected chi connectivity index (χ3v) is 8.48. The van der Waals surface area contributed by atoms with Crippen LogP contribution in [0.2, 0.25) is 0 Å². The minimum atomic E-state index is -0.629. The molecule has 0 spiro atoms. The molecule has 0 saturated heterocycles. The Bertz CT molecular complexity index is 1670. The minimum Gasteiger partial charge on any atom is -0.463 e. The van der Waals surface area contributed by atoms with E-state index in [0.29, 0.717) is 20.6 Å². The number of benzene rings is 2. The van der Waals surface area contributed by atoms with Crippen molar-refractivity contribution in [3.63, 3.8) is 0 Å². The van der Waals surface area contributed by atoms with Gasteiger partial charge in [-0.1, -0.05) is 53.8 Å². The Morgan fingerprint density at radius 2 is 1.95 bits per heavy atom. The zero-order chi connectivity index (χ0) is 26.1. The van der Waals surface area contributed by atoms with Crippen molar-refractivity contribution in [1.82, 2.24) is 4.57 Å². The lowest BCUT2D eigenvalue weighted by molar-refractivity contribution is -0.138. The van der Waals surface area contributed by atoms with Crippen LogP contribution in [0.4, 0.5) is 5.69 Å². The van der Waals surface area contributed by atoms with Crippen molar-refractivity contribution < 1.29 is 9.53 Å². The van der Waals surface area contributed by atoms with E-state index in [1.54, 1.807) is 11.5 Å². The molecule has 1 unspecified atom stereocenters. The third-order valence-electron chi connectivity index (χ3n) is 5.94. The van der Waals surface area contributed by atoms with E-state index in [1.165, 1.54) is 22.7 Å². The summed E-state index contributed by atoms with van der Waals surface area (Å²) in [6, 6.07) is 18.8. The Labute approximate surface area is 230 Å². The van der Waals surface area contributed by atoms with Crippen LogP contribution in [0, 0.1) is 0 Å². The third kappa shape index (κ3) is 4.86. The number of carbonyl (C=O) groups is 1. The first-order chi connectivity index (χ1) is 17.9. The Balaban J connectivity index is 1.76. The van der Waals surface area contributed by atoms with Gasteiger partial charge in [0.25, 0.3) is 5.56 Å². The van der Waals surface area contributed by atoms with Crippen molar-refractivity contribution in [3.8, 4) is 0 Å². The molecule has 1 aliphatic heterocycles. The summed E-state index contributed by atoms with van der Waals surface area (Å²) in [5, 5.41) is 1.94. The largest absolute Gasteiger partial charge is 0.463 e. The molecule has 0 amide bonds. The van der Waals surface area contributed by atoms with E-state index in [1.807, 2.05) is 91.1 Å². The number of hydrogen-bond acceptors (Lipinski definition) is 7. The molecular formula is C28H24BrN3O3S2. The average Bonchev–Trinajstić information content (AvgIpc) is 3.52. The van der Waals surface area contributed by atoms with Crippen LogP contribution >= 0.6 is 38.6 Å². The second kappa shape index (κ2) is 10.6. The number of aromatic nitrogens is 1. The highest BCUT2D eigenvalue weighted by Crippen LogP contribution is 2.36. The molecule has 2 aromatic carbocycles. The van der Waals surface area contributed by atoms with E-state index < -0.39 is 12.0 Å². The Morgan fingerprint density at radius 1 is 1.16 bits per heavy atom. The van der Waals surface area contributed by atoms with Crippen molar-refractivity contribution in [2.75, 3.05) is 25.6 Å². The molecule has 2 aromatic heterocycles. The van der Waals surface area contributed by atoms with Gasteiger partial charge in [-0.2, -0.15) is 0 Å². The number of nitrogens with zero attached hydrogens (tertiary/aromatic N) is 3. The van der Waals surface area contributed by atoms with E-state index in [0.717, 1.165) is 26.2 Å². The first kappa shape index (κ1) is 25.4. The molecule has 4 aromatic rings. The summed E-state index contributed by atoms with van der Waals surface area (Å²) < 4.78 is 8.59. The summed E-state index contributed by atoms with van der Waals surface area (Å²) in [5.74, 6) is -0.471. The molecule has 37 heavy (non-hydrogen) atoms. The highest BCUT2D eigenvalue weighted by atomic mass is 79.9. The van der Waals surface area contributed by atoms with Gasteiger partial charge in [0, 0.05) is 29.0 Å². The van der Waals surface area contributed by atoms with Gasteiger partial charge in [0.15, 0.2) is 4.80 Å². The molecular weight excluding hydrogens is 570 g/mol. The maximum atomic E-state index is 13.8. The van der Waals surface area contributed by atoms with Crippen molar-refractivity contribution in [1.29, 1.82) is 0 Å². The Kier molecular flexibility index (Phi) is 7.28. The van der Waals surface area contributed by atoms with Crippen LogP contribution in [0.3, 0.4) is 0 Å². The van der Waals surface area contributed by atoms with Gasteiger partial charge in [0.2, 0.25) is 0 Å². The van der Waals surface area contributed by atoms with Gasteiger partial charge in [-0.3, -0.25) is 9.36 Å². The number of thiazole rings is 1. The van der Waals surface area contributed by atoms with Gasteiger partial charge < -0.3 is 9.64 Å². The standard InChI is InChI=1S/C28H24BrN3O3S2/c1-4-35-27(34)23-24(18-9-6-5-7-10-18)30-28-32(25(23)21-11-8-14-36-21)26(33)22(37-28)16-17-12-13-20(31(2)3)19(29)15-17/h5-16,25H,4H2,1-3H3. The number of esters is 1. The van der Waals surface area contributed by atoms with Crippen molar-refractivity contribution in [2.24, 2.45) is 4.99 Å². The molecule has 0 N–H and O–H groups in total. The van der Waals surface area contributed by atoms with Crippen LogP contribution in [0.15, 0.2) is 85.9 Å². The van der Waals surface area contributed by atoms with Crippen LogP contribution in [-0.2, 0) is 9.53 Å². The minimum absolute atomic E-state index is 0.191. The van der Waals surface area contributed by atoms with Gasteiger partial charge in [-0.15, -0.1) is 11.3 Å². The smallest absolute Gasteiger partial charge is 0.338 e. The molecule has 3 heterocycles. The lowest BCUT2D eigenvalue weighted by Crippen LogP contribution is -2.39. The van der Waals surface area contributed by atoms with Crippen molar-refractivity contribution in [3.05, 3.63) is 112 Å². The summed E-state index contributed by atoms with van der Waals surface area (Å²) in [4.78, 5) is 35.5. The summed E-state index contributed by atoms with van der Waals surface area (Å²) in [6.07, 6.45) is 1.87. The van der Waals surface area contributed by atoms with E-state index in [2.05, 4.69) is 15.9 Å². The second-order valence-electron chi connectivity index (χ2n) is 8.55. The zero-order valence-electron chi connectivity index (χ0n) is 20.5. The van der Waals surface area contributed by atoms with Gasteiger partial charge in [0.05, 0.1) is 28.1 Å². The number of rotatable bonds is 6. The fraction of sp³-hybridized carbons (Fsp3) is 0.179. The van der Waals surface area contributed by atoms with Gasteiger partial charge >= 0.3 is 5.97 Å². The van der Waals surface area contributed by atoms with Gasteiger partial charge in [-0.05, 0) is 58.1 Å². The lowest BCUT2D eigenvalue weighted by atomic mass is 9.97. The first-order valence-electron chi connectivity index (χ1n) is 11.7. The quantitative estimate of drug-likeness (QED) is 0.301. The van der Waals surface area contributed by atoms with Gasteiger partial charge in [-0.25, -0.2) is 9.79 Å². The molecule has 0 fully saturated rings. The van der Waals surface area contributed by atoms with Crippen LogP contribution in [-0.4, -0.2) is 31.2 Å². The molecule has 1 aliphatic rings. The predicted octanol–water partition coefficient (Wildman–Crippen LogP) is 4.83. The van der Waals surface area contributed by atoms with Gasteiger partial charge in [0.1, 0.15) is 6.04 Å². The van der Waals surface area contributed by atoms with Crippen molar-refractivity contribution >= 4 is 62.0 Å². The highest BCUT2D eigenvalue weighted by molar-refractivity contribution is 9.10. The zero-order valence-corrected chi connectivity index (χ0v) is 23.7.